The number of nitrogens with one attached hydrogen (secondary N) is 3. The maximum atomic E-state index is 11.8. The van der Waals surface area contributed by atoms with Gasteiger partial charge in [0.1, 0.15) is 0 Å². The smallest absolute Gasteiger partial charge is 0.319 e. The standard InChI is InChI=1S/C15H20N4O/c1-15(2,3)10-16-14(20)18-12-6-4-5-11(9-12)13-7-8-17-19-13/h4-9H,10H2,1-3H3,(H,17,19)(H2,16,18,20). The van der Waals surface area contributed by atoms with Gasteiger partial charge in [0.2, 0.25) is 0 Å². The van der Waals surface area contributed by atoms with E-state index in [0.29, 0.717) is 6.54 Å². The monoisotopic (exact) mass is 272 g/mol. The fraction of sp³-hybridized carbons (Fsp3) is 0.333. The van der Waals surface area contributed by atoms with Crippen LogP contribution < -0.4 is 10.6 Å². The Balaban J connectivity index is 2.00. The van der Waals surface area contributed by atoms with E-state index in [9.17, 15) is 4.79 Å². The highest BCUT2D eigenvalue weighted by Crippen LogP contribution is 2.20. The maximum absolute atomic E-state index is 11.8. The minimum absolute atomic E-state index is 0.0646. The Morgan fingerprint density at radius 2 is 2.10 bits per heavy atom. The van der Waals surface area contributed by atoms with Crippen LogP contribution in [0.4, 0.5) is 10.5 Å². The van der Waals surface area contributed by atoms with Crippen molar-refractivity contribution in [2.75, 3.05) is 11.9 Å². The third-order valence-electron chi connectivity index (χ3n) is 2.71. The van der Waals surface area contributed by atoms with Crippen molar-refractivity contribution in [3.8, 4) is 11.3 Å². The van der Waals surface area contributed by atoms with E-state index < -0.39 is 0 Å². The molecule has 0 aliphatic heterocycles. The normalized spacial score (nSPS) is 11.2. The Bertz CT molecular complexity index is 570. The Labute approximate surface area is 118 Å². The largest absolute Gasteiger partial charge is 0.337 e. The SMILES string of the molecule is CC(C)(C)CNC(=O)Nc1cccc(-c2ccn[nH]2)c1. The first-order valence-corrected chi connectivity index (χ1v) is 6.59. The molecule has 3 N–H and O–H groups in total. The molecule has 0 bridgehead atoms. The predicted octanol–water partition coefficient (Wildman–Crippen LogP) is 3.24. The van der Waals surface area contributed by atoms with Crippen molar-refractivity contribution in [1.82, 2.24) is 15.5 Å². The van der Waals surface area contributed by atoms with Crippen LogP contribution in [0.3, 0.4) is 0 Å². The lowest BCUT2D eigenvalue weighted by atomic mass is 9.97. The predicted molar refractivity (Wildman–Crippen MR) is 80.5 cm³/mol. The number of urea groups is 1. The average Bonchev–Trinajstić information content (AvgIpc) is 2.90. The molecule has 5 heteroatoms. The molecule has 2 rings (SSSR count). The van der Waals surface area contributed by atoms with E-state index in [1.54, 1.807) is 6.20 Å². The van der Waals surface area contributed by atoms with Crippen LogP contribution in [0.15, 0.2) is 36.5 Å². The van der Waals surface area contributed by atoms with Crippen LogP contribution in [-0.4, -0.2) is 22.8 Å². The molecule has 0 saturated carbocycles. The molecule has 2 amide bonds. The van der Waals surface area contributed by atoms with Gasteiger partial charge in [0.05, 0.1) is 5.69 Å². The van der Waals surface area contributed by atoms with Crippen molar-refractivity contribution in [3.63, 3.8) is 0 Å². The number of benzene rings is 1. The van der Waals surface area contributed by atoms with E-state index in [1.807, 2.05) is 30.3 Å². The third kappa shape index (κ3) is 4.12. The first-order valence-electron chi connectivity index (χ1n) is 6.59. The molecule has 0 fully saturated rings. The van der Waals surface area contributed by atoms with Crippen molar-refractivity contribution in [2.24, 2.45) is 5.41 Å². The lowest BCUT2D eigenvalue weighted by Gasteiger charge is -2.19. The summed E-state index contributed by atoms with van der Waals surface area (Å²) in [6, 6.07) is 9.32. The zero-order valence-corrected chi connectivity index (χ0v) is 12.0. The molecule has 2 aromatic rings. The van der Waals surface area contributed by atoms with Gasteiger partial charge in [-0.05, 0) is 23.6 Å². The summed E-state index contributed by atoms with van der Waals surface area (Å²) in [6.07, 6.45) is 1.70. The van der Waals surface area contributed by atoms with Crippen molar-refractivity contribution >= 4 is 11.7 Å². The van der Waals surface area contributed by atoms with Crippen molar-refractivity contribution in [3.05, 3.63) is 36.5 Å². The number of nitrogens with zero attached hydrogens (tertiary/aromatic N) is 1. The van der Waals surface area contributed by atoms with E-state index in [0.717, 1.165) is 16.9 Å². The highest BCUT2D eigenvalue weighted by atomic mass is 16.2. The molecule has 1 aromatic heterocycles. The summed E-state index contributed by atoms with van der Waals surface area (Å²) >= 11 is 0. The molecule has 0 atom stereocenters. The van der Waals surface area contributed by atoms with Crippen molar-refractivity contribution < 1.29 is 4.79 Å². The molecule has 1 aromatic carbocycles. The number of hydrogen-bond donors (Lipinski definition) is 3. The molecule has 0 saturated heterocycles. The first-order chi connectivity index (χ1) is 9.44. The fourth-order valence-corrected chi connectivity index (χ4v) is 1.70. The Kier molecular flexibility index (Phi) is 4.08. The van der Waals surface area contributed by atoms with Gasteiger partial charge in [0.25, 0.3) is 0 Å². The van der Waals surface area contributed by atoms with Crippen molar-refractivity contribution in [2.45, 2.75) is 20.8 Å². The fourth-order valence-electron chi connectivity index (χ4n) is 1.70. The molecular formula is C15H20N4O. The average molecular weight is 272 g/mol. The quantitative estimate of drug-likeness (QED) is 0.802. The van der Waals surface area contributed by atoms with Crippen LogP contribution in [0.5, 0.6) is 0 Å². The van der Waals surface area contributed by atoms with Crippen LogP contribution in [-0.2, 0) is 0 Å². The molecule has 106 valence electrons. The molecule has 5 nitrogen and oxygen atoms in total. The van der Waals surface area contributed by atoms with Crippen LogP contribution in [0.2, 0.25) is 0 Å². The van der Waals surface area contributed by atoms with Crippen LogP contribution in [0.25, 0.3) is 11.3 Å². The van der Waals surface area contributed by atoms with Crippen LogP contribution in [0.1, 0.15) is 20.8 Å². The highest BCUT2D eigenvalue weighted by molar-refractivity contribution is 5.90. The summed E-state index contributed by atoms with van der Waals surface area (Å²) in [4.78, 5) is 11.8. The summed E-state index contributed by atoms with van der Waals surface area (Å²) in [5.74, 6) is 0. The molecule has 0 unspecified atom stereocenters. The number of aromatic nitrogens is 2. The summed E-state index contributed by atoms with van der Waals surface area (Å²) < 4.78 is 0. The second kappa shape index (κ2) is 5.77. The molecule has 0 aliphatic rings. The lowest BCUT2D eigenvalue weighted by molar-refractivity contribution is 0.247. The van der Waals surface area contributed by atoms with Crippen molar-refractivity contribution in [1.29, 1.82) is 0 Å². The molecule has 20 heavy (non-hydrogen) atoms. The zero-order chi connectivity index (χ0) is 14.6. The van der Waals surface area contributed by atoms with Gasteiger partial charge in [0.15, 0.2) is 0 Å². The Morgan fingerprint density at radius 1 is 1.30 bits per heavy atom. The second-order valence-corrected chi connectivity index (χ2v) is 5.92. The minimum atomic E-state index is -0.193. The second-order valence-electron chi connectivity index (χ2n) is 5.92. The molecule has 1 heterocycles. The molecule has 0 spiro atoms. The number of amides is 2. The lowest BCUT2D eigenvalue weighted by Crippen LogP contribution is -2.35. The summed E-state index contributed by atoms with van der Waals surface area (Å²) in [5, 5.41) is 12.5. The van der Waals surface area contributed by atoms with E-state index in [-0.39, 0.29) is 11.4 Å². The van der Waals surface area contributed by atoms with Crippen LogP contribution >= 0.6 is 0 Å². The van der Waals surface area contributed by atoms with Gasteiger partial charge >= 0.3 is 6.03 Å². The van der Waals surface area contributed by atoms with E-state index in [4.69, 9.17) is 0 Å². The van der Waals surface area contributed by atoms with Gasteiger partial charge in [-0.25, -0.2) is 4.79 Å². The number of rotatable bonds is 3. The zero-order valence-electron chi connectivity index (χ0n) is 12.0. The van der Waals surface area contributed by atoms with Gasteiger partial charge in [0, 0.05) is 24.0 Å². The van der Waals surface area contributed by atoms with E-state index in [1.165, 1.54) is 0 Å². The number of hydrogen-bond acceptors (Lipinski definition) is 2. The molecule has 0 aliphatic carbocycles. The Hall–Kier alpha value is -2.30. The summed E-state index contributed by atoms with van der Waals surface area (Å²) in [7, 11) is 0. The number of carbonyl (C=O) groups is 1. The number of anilines is 1. The summed E-state index contributed by atoms with van der Waals surface area (Å²) in [5.41, 5.74) is 2.72. The van der Waals surface area contributed by atoms with E-state index >= 15 is 0 Å². The van der Waals surface area contributed by atoms with Gasteiger partial charge < -0.3 is 10.6 Å². The first kappa shape index (κ1) is 14.1. The topological polar surface area (TPSA) is 69.8 Å². The van der Waals surface area contributed by atoms with Gasteiger partial charge in [-0.15, -0.1) is 0 Å². The summed E-state index contributed by atoms with van der Waals surface area (Å²) in [6.45, 7) is 6.85. The highest BCUT2D eigenvalue weighted by Gasteiger charge is 2.12. The van der Waals surface area contributed by atoms with E-state index in [2.05, 4.69) is 41.6 Å². The molecular weight excluding hydrogens is 252 g/mol. The number of carbonyl (C=O) groups excluding carboxylic acids is 1. The van der Waals surface area contributed by atoms with Gasteiger partial charge in [-0.2, -0.15) is 5.10 Å². The number of aromatic amines is 1. The third-order valence-corrected chi connectivity index (χ3v) is 2.71. The number of H-pyrrole nitrogens is 1. The van der Waals surface area contributed by atoms with Gasteiger partial charge in [-0.1, -0.05) is 32.9 Å². The minimum Gasteiger partial charge on any atom is -0.337 e. The Morgan fingerprint density at radius 3 is 2.75 bits per heavy atom. The van der Waals surface area contributed by atoms with Crippen LogP contribution in [0, 0.1) is 5.41 Å². The maximum Gasteiger partial charge on any atom is 0.319 e. The molecule has 0 radical (unpaired) electrons. The van der Waals surface area contributed by atoms with Gasteiger partial charge in [-0.3, -0.25) is 5.10 Å².